The zero-order chi connectivity index (χ0) is 13.3. The number of rotatable bonds is 2. The van der Waals surface area contributed by atoms with Crippen molar-refractivity contribution in [2.24, 2.45) is 0 Å². The lowest BCUT2D eigenvalue weighted by molar-refractivity contribution is 0.0675. The van der Waals surface area contributed by atoms with Crippen LogP contribution in [0, 0.1) is 3.57 Å². The monoisotopic (exact) mass is 421 g/mol. The van der Waals surface area contributed by atoms with E-state index in [1.807, 2.05) is 18.2 Å². The van der Waals surface area contributed by atoms with E-state index in [1.54, 1.807) is 0 Å². The maximum absolute atomic E-state index is 12.7. The van der Waals surface area contributed by atoms with Gasteiger partial charge in [0.15, 0.2) is 0 Å². The SMILES string of the molecule is CCC1CCC(C)N1C(=O)c1cc(Br)ccc1I. The molecule has 18 heavy (non-hydrogen) atoms. The molecule has 1 amide bonds. The van der Waals surface area contributed by atoms with Crippen molar-refractivity contribution in [1.29, 1.82) is 0 Å². The summed E-state index contributed by atoms with van der Waals surface area (Å²) in [7, 11) is 0. The third-order valence-corrected chi connectivity index (χ3v) is 5.08. The number of likely N-dealkylation sites (tertiary alicyclic amines) is 1. The summed E-state index contributed by atoms with van der Waals surface area (Å²) in [6, 6.07) is 6.66. The molecule has 1 heterocycles. The molecule has 0 radical (unpaired) electrons. The molecule has 98 valence electrons. The first-order valence-electron chi connectivity index (χ1n) is 6.32. The van der Waals surface area contributed by atoms with Crippen LogP contribution in [0.15, 0.2) is 22.7 Å². The molecule has 0 aliphatic carbocycles. The highest BCUT2D eigenvalue weighted by atomic mass is 127. The fraction of sp³-hybridized carbons (Fsp3) is 0.500. The Morgan fingerprint density at radius 3 is 2.89 bits per heavy atom. The highest BCUT2D eigenvalue weighted by Crippen LogP contribution is 2.29. The highest BCUT2D eigenvalue weighted by molar-refractivity contribution is 14.1. The molecule has 2 nitrogen and oxygen atoms in total. The molecule has 2 unspecified atom stereocenters. The van der Waals surface area contributed by atoms with Crippen molar-refractivity contribution in [3.8, 4) is 0 Å². The molecule has 2 rings (SSSR count). The van der Waals surface area contributed by atoms with Gasteiger partial charge in [0.2, 0.25) is 0 Å². The topological polar surface area (TPSA) is 20.3 Å². The summed E-state index contributed by atoms with van der Waals surface area (Å²) in [5, 5.41) is 0. The average molecular weight is 422 g/mol. The first kappa shape index (κ1) is 14.3. The third kappa shape index (κ3) is 2.74. The van der Waals surface area contributed by atoms with Gasteiger partial charge in [0.1, 0.15) is 0 Å². The number of carbonyl (C=O) groups is 1. The molecule has 1 fully saturated rings. The normalized spacial score (nSPS) is 23.4. The molecule has 0 saturated carbocycles. The van der Waals surface area contributed by atoms with Crippen molar-refractivity contribution in [2.75, 3.05) is 0 Å². The molecule has 1 saturated heterocycles. The van der Waals surface area contributed by atoms with E-state index >= 15 is 0 Å². The van der Waals surface area contributed by atoms with Crippen LogP contribution in [0.25, 0.3) is 0 Å². The van der Waals surface area contributed by atoms with Crippen molar-refractivity contribution in [3.63, 3.8) is 0 Å². The second kappa shape index (κ2) is 5.90. The Bertz CT molecular complexity index is 463. The number of halogens is 2. The number of amides is 1. The molecule has 0 bridgehead atoms. The minimum atomic E-state index is 0.178. The molecule has 1 aliphatic heterocycles. The first-order chi connectivity index (χ1) is 8.54. The van der Waals surface area contributed by atoms with Gasteiger partial charge in [0.05, 0.1) is 5.56 Å². The van der Waals surface area contributed by atoms with Crippen LogP contribution in [0.4, 0.5) is 0 Å². The number of hydrogen-bond acceptors (Lipinski definition) is 1. The molecule has 1 aromatic rings. The minimum absolute atomic E-state index is 0.178. The lowest BCUT2D eigenvalue weighted by atomic mass is 10.1. The molecule has 0 aromatic heterocycles. The number of carbonyl (C=O) groups excluding carboxylic acids is 1. The summed E-state index contributed by atoms with van der Waals surface area (Å²) in [6.45, 7) is 4.31. The summed E-state index contributed by atoms with van der Waals surface area (Å²) in [5.74, 6) is 0.178. The molecule has 1 aromatic carbocycles. The van der Waals surface area contributed by atoms with Crippen molar-refractivity contribution in [1.82, 2.24) is 4.90 Å². The van der Waals surface area contributed by atoms with Gasteiger partial charge in [0.25, 0.3) is 5.91 Å². The Kier molecular flexibility index (Phi) is 4.69. The van der Waals surface area contributed by atoms with Crippen molar-refractivity contribution >= 4 is 44.4 Å². The van der Waals surface area contributed by atoms with Crippen LogP contribution in [0.3, 0.4) is 0 Å². The highest BCUT2D eigenvalue weighted by Gasteiger charge is 2.34. The Hall–Kier alpha value is -0.100. The zero-order valence-corrected chi connectivity index (χ0v) is 14.4. The number of benzene rings is 1. The standard InChI is InChI=1S/C14H17BrINO/c1-3-11-6-4-9(2)17(11)14(18)12-8-10(15)5-7-13(12)16/h5,7-9,11H,3-4,6H2,1-2H3. The molecule has 0 N–H and O–H groups in total. The molecule has 4 heteroatoms. The molecular formula is C14H17BrINO. The Labute approximate surface area is 130 Å². The van der Waals surface area contributed by atoms with E-state index < -0.39 is 0 Å². The van der Waals surface area contributed by atoms with Gasteiger partial charge in [-0.1, -0.05) is 22.9 Å². The maximum atomic E-state index is 12.7. The van der Waals surface area contributed by atoms with Crippen LogP contribution in [-0.2, 0) is 0 Å². The second-order valence-electron chi connectivity index (χ2n) is 4.83. The Balaban J connectivity index is 2.32. The summed E-state index contributed by atoms with van der Waals surface area (Å²) < 4.78 is 1.99. The van der Waals surface area contributed by atoms with Crippen LogP contribution in [0.5, 0.6) is 0 Å². The fourth-order valence-corrected chi connectivity index (χ4v) is 3.57. The Morgan fingerprint density at radius 1 is 1.50 bits per heavy atom. The maximum Gasteiger partial charge on any atom is 0.255 e. The van der Waals surface area contributed by atoms with Gasteiger partial charge in [-0.15, -0.1) is 0 Å². The predicted molar refractivity (Wildman–Crippen MR) is 85.8 cm³/mol. The quantitative estimate of drug-likeness (QED) is 0.645. The van der Waals surface area contributed by atoms with Crippen LogP contribution in [0.2, 0.25) is 0 Å². The van der Waals surface area contributed by atoms with Gasteiger partial charge < -0.3 is 4.90 Å². The van der Waals surface area contributed by atoms with Crippen LogP contribution in [-0.4, -0.2) is 22.9 Å². The largest absolute Gasteiger partial charge is 0.333 e. The van der Waals surface area contributed by atoms with E-state index in [-0.39, 0.29) is 5.91 Å². The van der Waals surface area contributed by atoms with Gasteiger partial charge in [-0.25, -0.2) is 0 Å². The van der Waals surface area contributed by atoms with Gasteiger partial charge >= 0.3 is 0 Å². The van der Waals surface area contributed by atoms with E-state index in [0.29, 0.717) is 12.1 Å². The molecule has 1 aliphatic rings. The lowest BCUT2D eigenvalue weighted by Gasteiger charge is -2.28. The van der Waals surface area contributed by atoms with Gasteiger partial charge in [0, 0.05) is 20.1 Å². The average Bonchev–Trinajstić information content (AvgIpc) is 2.72. The van der Waals surface area contributed by atoms with E-state index in [9.17, 15) is 4.79 Å². The van der Waals surface area contributed by atoms with Crippen LogP contribution in [0.1, 0.15) is 43.5 Å². The van der Waals surface area contributed by atoms with Crippen molar-refractivity contribution in [3.05, 3.63) is 31.8 Å². The van der Waals surface area contributed by atoms with Crippen molar-refractivity contribution in [2.45, 2.75) is 45.2 Å². The van der Waals surface area contributed by atoms with E-state index in [0.717, 1.165) is 32.9 Å². The zero-order valence-electron chi connectivity index (χ0n) is 10.6. The molecular weight excluding hydrogens is 405 g/mol. The lowest BCUT2D eigenvalue weighted by Crippen LogP contribution is -2.40. The molecule has 0 spiro atoms. The van der Waals surface area contributed by atoms with Gasteiger partial charge in [-0.3, -0.25) is 4.79 Å². The smallest absolute Gasteiger partial charge is 0.255 e. The summed E-state index contributed by atoms with van der Waals surface area (Å²) in [5.41, 5.74) is 0.817. The number of hydrogen-bond donors (Lipinski definition) is 0. The minimum Gasteiger partial charge on any atom is -0.333 e. The van der Waals surface area contributed by atoms with E-state index in [2.05, 4.69) is 57.3 Å². The first-order valence-corrected chi connectivity index (χ1v) is 8.19. The second-order valence-corrected chi connectivity index (χ2v) is 6.90. The van der Waals surface area contributed by atoms with Crippen molar-refractivity contribution < 1.29 is 4.79 Å². The summed E-state index contributed by atoms with van der Waals surface area (Å²) in [4.78, 5) is 14.8. The van der Waals surface area contributed by atoms with E-state index in [1.165, 1.54) is 0 Å². The molecule has 2 atom stereocenters. The van der Waals surface area contributed by atoms with Gasteiger partial charge in [-0.2, -0.15) is 0 Å². The third-order valence-electron chi connectivity index (χ3n) is 3.65. The summed E-state index contributed by atoms with van der Waals surface area (Å²) >= 11 is 5.68. The number of nitrogens with zero attached hydrogens (tertiary/aromatic N) is 1. The summed E-state index contributed by atoms with van der Waals surface area (Å²) in [6.07, 6.45) is 3.30. The van der Waals surface area contributed by atoms with Crippen LogP contribution < -0.4 is 0 Å². The predicted octanol–water partition coefficient (Wildman–Crippen LogP) is 4.46. The van der Waals surface area contributed by atoms with Crippen LogP contribution >= 0.6 is 38.5 Å². The Morgan fingerprint density at radius 2 is 2.22 bits per heavy atom. The fourth-order valence-electron chi connectivity index (χ4n) is 2.64. The van der Waals surface area contributed by atoms with E-state index in [4.69, 9.17) is 0 Å². The van der Waals surface area contributed by atoms with Gasteiger partial charge in [-0.05, 0) is 67.0 Å².